The molecule has 3 fully saturated rings. The lowest BCUT2D eigenvalue weighted by Gasteiger charge is -2.46. The van der Waals surface area contributed by atoms with Crippen molar-refractivity contribution in [3.8, 4) is 0 Å². The van der Waals surface area contributed by atoms with E-state index < -0.39 is 0 Å². The third-order valence-corrected chi connectivity index (χ3v) is 6.50. The first-order valence-electron chi connectivity index (χ1n) is 8.41. The molecular weight excluding hydrogens is 389 g/mol. The lowest BCUT2D eigenvalue weighted by molar-refractivity contribution is -0.192. The van der Waals surface area contributed by atoms with Crippen LogP contribution in [0.25, 0.3) is 0 Å². The number of likely N-dealkylation sites (tertiary alicyclic amines) is 1. The summed E-state index contributed by atoms with van der Waals surface area (Å²) in [7, 11) is 0. The van der Waals surface area contributed by atoms with Gasteiger partial charge in [0, 0.05) is 35.4 Å². The summed E-state index contributed by atoms with van der Waals surface area (Å²) in [6, 6.07) is 10.9. The van der Waals surface area contributed by atoms with Crippen LogP contribution in [-0.4, -0.2) is 39.9 Å². The molecule has 3 nitrogen and oxygen atoms in total. The van der Waals surface area contributed by atoms with Crippen LogP contribution in [0.5, 0.6) is 0 Å². The number of ether oxygens (including phenoxy) is 2. The summed E-state index contributed by atoms with van der Waals surface area (Å²) in [5.74, 6) is -0.243. The summed E-state index contributed by atoms with van der Waals surface area (Å²) >= 11 is 2.64. The fourth-order valence-electron chi connectivity index (χ4n) is 4.48. The van der Waals surface area contributed by atoms with Crippen LogP contribution in [-0.2, 0) is 16.0 Å². The Balaban J connectivity index is 1.49. The van der Waals surface area contributed by atoms with E-state index in [1.807, 2.05) is 0 Å². The Kier molecular flexibility index (Phi) is 4.22. The number of hydrogen-bond donors (Lipinski definition) is 0. The molecule has 4 rings (SSSR count). The minimum absolute atomic E-state index is 0.243. The number of benzene rings is 1. The molecule has 2 saturated heterocycles. The molecule has 1 aromatic carbocycles. The van der Waals surface area contributed by atoms with Crippen LogP contribution in [0, 0.1) is 0 Å². The molecule has 4 heteroatoms. The van der Waals surface area contributed by atoms with Crippen molar-refractivity contribution in [2.24, 2.45) is 0 Å². The lowest BCUT2D eigenvalue weighted by atomic mass is 9.77. The highest BCUT2D eigenvalue weighted by atomic mass is 127. The Hall–Kier alpha value is -0.170. The number of alkyl halides is 1. The second-order valence-corrected chi connectivity index (χ2v) is 8.76. The molecule has 22 heavy (non-hydrogen) atoms. The van der Waals surface area contributed by atoms with Gasteiger partial charge in [0.1, 0.15) is 0 Å². The first-order chi connectivity index (χ1) is 10.7. The molecule has 0 amide bonds. The maximum atomic E-state index is 5.92. The molecule has 2 spiro atoms. The van der Waals surface area contributed by atoms with Gasteiger partial charge in [-0.15, -0.1) is 0 Å². The summed E-state index contributed by atoms with van der Waals surface area (Å²) < 4.78 is 12.6. The van der Waals surface area contributed by atoms with Crippen LogP contribution in [0.15, 0.2) is 30.3 Å². The Morgan fingerprint density at radius 3 is 2.41 bits per heavy atom. The zero-order valence-corrected chi connectivity index (χ0v) is 15.1. The molecule has 0 unspecified atom stereocenters. The third kappa shape index (κ3) is 2.83. The van der Waals surface area contributed by atoms with E-state index >= 15 is 0 Å². The van der Waals surface area contributed by atoms with Crippen molar-refractivity contribution in [1.29, 1.82) is 0 Å². The highest BCUT2D eigenvalue weighted by Gasteiger charge is 2.51. The van der Waals surface area contributed by atoms with Crippen molar-refractivity contribution in [3.05, 3.63) is 35.9 Å². The van der Waals surface area contributed by atoms with Gasteiger partial charge < -0.3 is 9.47 Å². The highest BCUT2D eigenvalue weighted by Crippen LogP contribution is 2.49. The van der Waals surface area contributed by atoms with E-state index in [-0.39, 0.29) is 5.79 Å². The molecule has 2 heterocycles. The standard InChI is InChI=1S/C18H24INO2/c19-16-12-17(6-8-18(9-7-17)21-10-11-22-18)20(14-16)13-15-4-2-1-3-5-15/h1-5,16H,6-14H2/t16-/m0/s1. The SMILES string of the molecule is I[C@@H]1CN(Cc2ccccc2)C2(CCC3(CC2)OCCO3)C1. The maximum Gasteiger partial charge on any atom is 0.168 e. The zero-order chi connectivity index (χ0) is 15.0. The molecule has 1 aromatic rings. The zero-order valence-electron chi connectivity index (χ0n) is 13.0. The number of rotatable bonds is 2. The third-order valence-electron chi connectivity index (χ3n) is 5.66. The summed E-state index contributed by atoms with van der Waals surface area (Å²) in [4.78, 5) is 2.74. The maximum absolute atomic E-state index is 5.92. The van der Waals surface area contributed by atoms with Gasteiger partial charge in [0.2, 0.25) is 0 Å². The van der Waals surface area contributed by atoms with Gasteiger partial charge >= 0.3 is 0 Å². The molecule has 0 bridgehead atoms. The first-order valence-corrected chi connectivity index (χ1v) is 9.65. The largest absolute Gasteiger partial charge is 0.348 e. The minimum Gasteiger partial charge on any atom is -0.348 e. The van der Waals surface area contributed by atoms with E-state index in [9.17, 15) is 0 Å². The van der Waals surface area contributed by atoms with Gasteiger partial charge in [-0.1, -0.05) is 52.9 Å². The average molecular weight is 413 g/mol. The topological polar surface area (TPSA) is 21.7 Å². The fourth-order valence-corrected chi connectivity index (χ4v) is 5.77. The van der Waals surface area contributed by atoms with Crippen molar-refractivity contribution in [2.45, 2.75) is 53.9 Å². The summed E-state index contributed by atoms with van der Waals surface area (Å²) in [6.07, 6.45) is 5.85. The van der Waals surface area contributed by atoms with Gasteiger partial charge in [-0.3, -0.25) is 4.90 Å². The van der Waals surface area contributed by atoms with Gasteiger partial charge in [0.25, 0.3) is 0 Å². The summed E-state index contributed by atoms with van der Waals surface area (Å²) in [6.45, 7) is 3.84. The number of nitrogens with zero attached hydrogens (tertiary/aromatic N) is 1. The molecule has 1 saturated carbocycles. The monoisotopic (exact) mass is 413 g/mol. The second kappa shape index (κ2) is 6.04. The minimum atomic E-state index is -0.243. The number of halogens is 1. The van der Waals surface area contributed by atoms with Crippen molar-refractivity contribution < 1.29 is 9.47 Å². The molecular formula is C18H24INO2. The van der Waals surface area contributed by atoms with Crippen LogP contribution in [0.2, 0.25) is 0 Å². The lowest BCUT2D eigenvalue weighted by Crippen LogP contribution is -2.50. The van der Waals surface area contributed by atoms with Gasteiger partial charge in [-0.2, -0.15) is 0 Å². The van der Waals surface area contributed by atoms with Crippen molar-refractivity contribution in [3.63, 3.8) is 0 Å². The van der Waals surface area contributed by atoms with Crippen molar-refractivity contribution in [2.75, 3.05) is 19.8 Å². The predicted octanol–water partition coefficient (Wildman–Crippen LogP) is 3.75. The molecule has 0 aromatic heterocycles. The fraction of sp³-hybridized carbons (Fsp3) is 0.667. The van der Waals surface area contributed by atoms with Crippen LogP contribution < -0.4 is 0 Å². The second-order valence-electron chi connectivity index (χ2n) is 7.00. The Morgan fingerprint density at radius 1 is 1.05 bits per heavy atom. The first kappa shape index (κ1) is 15.4. The molecule has 3 aliphatic rings. The van der Waals surface area contributed by atoms with Crippen molar-refractivity contribution in [1.82, 2.24) is 4.90 Å². The Bertz CT molecular complexity index is 505. The molecule has 1 aliphatic carbocycles. The van der Waals surface area contributed by atoms with Crippen LogP contribution in [0.1, 0.15) is 37.7 Å². The Morgan fingerprint density at radius 2 is 1.73 bits per heavy atom. The van der Waals surface area contributed by atoms with Crippen molar-refractivity contribution >= 4 is 22.6 Å². The summed E-state index contributed by atoms with van der Waals surface area (Å²) in [5, 5.41) is 0. The molecule has 1 atom stereocenters. The van der Waals surface area contributed by atoms with Gasteiger partial charge in [0.05, 0.1) is 13.2 Å². The van der Waals surface area contributed by atoms with Crippen LogP contribution in [0.4, 0.5) is 0 Å². The van der Waals surface area contributed by atoms with E-state index in [1.54, 1.807) is 0 Å². The molecule has 120 valence electrons. The highest BCUT2D eigenvalue weighted by molar-refractivity contribution is 14.1. The van der Waals surface area contributed by atoms with Gasteiger partial charge in [-0.25, -0.2) is 0 Å². The molecule has 0 N–H and O–H groups in total. The van der Waals surface area contributed by atoms with E-state index in [4.69, 9.17) is 9.47 Å². The van der Waals surface area contributed by atoms with E-state index in [0.29, 0.717) is 5.54 Å². The normalized spacial score (nSPS) is 30.3. The van der Waals surface area contributed by atoms with E-state index in [2.05, 4.69) is 57.8 Å². The quantitative estimate of drug-likeness (QED) is 0.545. The summed E-state index contributed by atoms with van der Waals surface area (Å²) in [5.41, 5.74) is 1.79. The van der Waals surface area contributed by atoms with Gasteiger partial charge in [0.15, 0.2) is 5.79 Å². The smallest absolute Gasteiger partial charge is 0.168 e. The van der Waals surface area contributed by atoms with E-state index in [1.165, 1.54) is 31.4 Å². The molecule has 0 radical (unpaired) electrons. The Labute approximate surface area is 146 Å². The number of hydrogen-bond acceptors (Lipinski definition) is 3. The predicted molar refractivity (Wildman–Crippen MR) is 95.1 cm³/mol. The van der Waals surface area contributed by atoms with Gasteiger partial charge in [-0.05, 0) is 24.8 Å². The van der Waals surface area contributed by atoms with E-state index in [0.717, 1.165) is 36.5 Å². The molecule has 2 aliphatic heterocycles. The van der Waals surface area contributed by atoms with Crippen LogP contribution in [0.3, 0.4) is 0 Å². The average Bonchev–Trinajstić information content (AvgIpc) is 3.10. The van der Waals surface area contributed by atoms with Crippen LogP contribution >= 0.6 is 22.6 Å².